The van der Waals surface area contributed by atoms with Gasteiger partial charge >= 0.3 is 6.09 Å². The number of hydrazine groups is 1. The number of nitrogens with zero attached hydrogens (tertiary/aromatic N) is 6. The zero-order valence-electron chi connectivity index (χ0n) is 27.3. The van der Waals surface area contributed by atoms with Gasteiger partial charge in [-0.25, -0.2) is 19.8 Å². The van der Waals surface area contributed by atoms with Gasteiger partial charge in [-0.15, -0.1) is 0 Å². The van der Waals surface area contributed by atoms with Gasteiger partial charge in [0, 0.05) is 57.9 Å². The summed E-state index contributed by atoms with van der Waals surface area (Å²) in [5.74, 6) is -0.0493. The zero-order chi connectivity index (χ0) is 32.6. The number of hydrogen-bond acceptors (Lipinski definition) is 10. The summed E-state index contributed by atoms with van der Waals surface area (Å²) >= 11 is 0. The molecular formula is C31H44N8O6. The van der Waals surface area contributed by atoms with Crippen molar-refractivity contribution < 1.29 is 28.6 Å². The molecule has 0 unspecified atom stereocenters. The molecule has 14 nitrogen and oxygen atoms in total. The maximum Gasteiger partial charge on any atom is 0.429 e. The molecule has 2 amide bonds. The van der Waals surface area contributed by atoms with E-state index in [-0.39, 0.29) is 18.3 Å². The van der Waals surface area contributed by atoms with E-state index in [9.17, 15) is 14.4 Å². The number of rotatable bonds is 13. The van der Waals surface area contributed by atoms with Crippen molar-refractivity contribution in [1.82, 2.24) is 34.4 Å². The van der Waals surface area contributed by atoms with E-state index in [1.807, 2.05) is 29.2 Å². The van der Waals surface area contributed by atoms with Crippen LogP contribution in [-0.2, 0) is 32.6 Å². The summed E-state index contributed by atoms with van der Waals surface area (Å²) in [7, 11) is 4.60. The molecule has 2 fully saturated rings. The second-order valence-corrected chi connectivity index (χ2v) is 12.4. The number of carbonyl (C=O) groups is 3. The van der Waals surface area contributed by atoms with Crippen LogP contribution in [0.2, 0.25) is 0 Å². The predicted octanol–water partition coefficient (Wildman–Crippen LogP) is 3.91. The molecule has 0 aromatic carbocycles. The average Bonchev–Trinajstić information content (AvgIpc) is 3.92. The highest BCUT2D eigenvalue weighted by molar-refractivity contribution is 6.10. The Morgan fingerprint density at radius 3 is 2.29 bits per heavy atom. The van der Waals surface area contributed by atoms with Gasteiger partial charge < -0.3 is 33.6 Å². The van der Waals surface area contributed by atoms with Gasteiger partial charge in [0.15, 0.2) is 5.82 Å². The summed E-state index contributed by atoms with van der Waals surface area (Å²) in [4.78, 5) is 51.7. The number of pyridine rings is 1. The standard InChI is InChI=1S/C31H44N8O6/c1-9-37-21(28(41)39(18-11-12-18)19-13-14-19)15-20-25-24(32-17-36(25)6)26(34-27(20)37)33-23(16-22(40)29(43-7)44-8)35-38(10-2)30(42)45-31(3,4)5/h15-19,29,35H,9-14H2,1-8H3,(H,33,34)/b23-16+. The molecule has 3 heterocycles. The largest absolute Gasteiger partial charge is 0.442 e. The normalized spacial score (nSPS) is 15.5. The molecule has 3 aromatic rings. The minimum atomic E-state index is -1.17. The molecule has 0 saturated heterocycles. The Kier molecular flexibility index (Phi) is 9.08. The summed E-state index contributed by atoms with van der Waals surface area (Å²) in [5.41, 5.74) is 4.71. The number of hydrogen-bond donors (Lipinski definition) is 2. The highest BCUT2D eigenvalue weighted by Gasteiger charge is 2.43. The van der Waals surface area contributed by atoms with Crippen LogP contribution in [0.3, 0.4) is 0 Å². The van der Waals surface area contributed by atoms with Gasteiger partial charge in [0.2, 0.25) is 12.1 Å². The lowest BCUT2D eigenvalue weighted by atomic mass is 10.2. The van der Waals surface area contributed by atoms with Crippen molar-refractivity contribution in [3.05, 3.63) is 30.0 Å². The molecule has 2 N–H and O–H groups in total. The Labute approximate surface area is 262 Å². The Balaban J connectivity index is 1.59. The van der Waals surface area contributed by atoms with E-state index in [1.54, 1.807) is 34.0 Å². The second-order valence-electron chi connectivity index (χ2n) is 12.4. The highest BCUT2D eigenvalue weighted by atomic mass is 16.7. The van der Waals surface area contributed by atoms with E-state index in [4.69, 9.17) is 19.2 Å². The van der Waals surface area contributed by atoms with Crippen molar-refractivity contribution in [1.29, 1.82) is 0 Å². The monoisotopic (exact) mass is 624 g/mol. The third kappa shape index (κ3) is 6.76. The summed E-state index contributed by atoms with van der Waals surface area (Å²) < 4.78 is 19.7. The predicted molar refractivity (Wildman–Crippen MR) is 168 cm³/mol. The molecule has 14 heteroatoms. The van der Waals surface area contributed by atoms with Crippen molar-refractivity contribution in [2.24, 2.45) is 7.05 Å². The first-order valence-corrected chi connectivity index (χ1v) is 15.4. The number of aromatic nitrogens is 4. The molecule has 2 saturated carbocycles. The van der Waals surface area contributed by atoms with Crippen LogP contribution in [0.1, 0.15) is 70.8 Å². The Morgan fingerprint density at radius 1 is 1.11 bits per heavy atom. The minimum Gasteiger partial charge on any atom is -0.442 e. The van der Waals surface area contributed by atoms with Crippen LogP contribution < -0.4 is 10.7 Å². The summed E-state index contributed by atoms with van der Waals surface area (Å²) in [6.45, 7) is 9.80. The number of fused-ring (bicyclic) bond motifs is 3. The fourth-order valence-electron chi connectivity index (χ4n) is 5.44. The van der Waals surface area contributed by atoms with Crippen LogP contribution in [0.25, 0.3) is 22.1 Å². The van der Waals surface area contributed by atoms with Gasteiger partial charge in [-0.1, -0.05) is 0 Å². The number of carbonyl (C=O) groups excluding carboxylic acids is 3. The molecule has 0 aliphatic heterocycles. The fourth-order valence-corrected chi connectivity index (χ4v) is 5.44. The number of amides is 2. The number of ketones is 1. The first-order valence-electron chi connectivity index (χ1n) is 15.4. The Hall–Kier alpha value is -4.17. The SMILES string of the molecule is CCN(N/C(=C/C(=O)C(OC)OC)Nc1nc2c(cc(C(=O)N(C3CC3)C3CC3)n2CC)c2c1ncn2C)C(=O)OC(C)(C)C. The molecule has 2 aliphatic carbocycles. The highest BCUT2D eigenvalue weighted by Crippen LogP contribution is 2.39. The molecule has 2 aliphatic rings. The van der Waals surface area contributed by atoms with Crippen LogP contribution >= 0.6 is 0 Å². The third-order valence-electron chi connectivity index (χ3n) is 7.74. The van der Waals surface area contributed by atoms with Gasteiger partial charge in [-0.2, -0.15) is 0 Å². The number of anilines is 1. The molecule has 3 aromatic heterocycles. The maximum absolute atomic E-state index is 13.9. The van der Waals surface area contributed by atoms with E-state index in [0.29, 0.717) is 41.3 Å². The number of aryl methyl sites for hydroxylation is 2. The summed E-state index contributed by atoms with van der Waals surface area (Å²) in [6.07, 6.45) is 5.27. The first kappa shape index (κ1) is 32.2. The van der Waals surface area contributed by atoms with Crippen molar-refractivity contribution >= 4 is 45.7 Å². The topological polar surface area (TPSA) is 145 Å². The molecule has 45 heavy (non-hydrogen) atoms. The van der Waals surface area contributed by atoms with Crippen LogP contribution in [0.15, 0.2) is 24.3 Å². The van der Waals surface area contributed by atoms with E-state index in [0.717, 1.165) is 36.6 Å². The average molecular weight is 625 g/mol. The molecular weight excluding hydrogens is 580 g/mol. The molecule has 0 spiro atoms. The number of nitrogens with one attached hydrogen (secondary N) is 2. The van der Waals surface area contributed by atoms with Gasteiger partial charge in [0.05, 0.1) is 11.8 Å². The van der Waals surface area contributed by atoms with E-state index in [1.165, 1.54) is 25.3 Å². The molecule has 0 radical (unpaired) electrons. The van der Waals surface area contributed by atoms with E-state index < -0.39 is 23.8 Å². The minimum absolute atomic E-state index is 0.0265. The van der Waals surface area contributed by atoms with Crippen LogP contribution in [0, 0.1) is 0 Å². The molecule has 0 bridgehead atoms. The molecule has 5 rings (SSSR count). The van der Waals surface area contributed by atoms with Gasteiger partial charge in [0.25, 0.3) is 5.91 Å². The van der Waals surface area contributed by atoms with Crippen LogP contribution in [-0.4, -0.2) is 91.5 Å². The number of methoxy groups -OCH3 is 2. The van der Waals surface area contributed by atoms with E-state index in [2.05, 4.69) is 20.6 Å². The second kappa shape index (κ2) is 12.7. The smallest absolute Gasteiger partial charge is 0.429 e. The fraction of sp³-hybridized carbons (Fsp3) is 0.581. The van der Waals surface area contributed by atoms with Crippen molar-refractivity contribution in [3.63, 3.8) is 0 Å². The zero-order valence-corrected chi connectivity index (χ0v) is 27.3. The lowest BCUT2D eigenvalue weighted by Gasteiger charge is -2.28. The van der Waals surface area contributed by atoms with Crippen molar-refractivity contribution in [3.8, 4) is 0 Å². The Morgan fingerprint density at radius 2 is 1.76 bits per heavy atom. The van der Waals surface area contributed by atoms with Gasteiger partial charge in [-0.3, -0.25) is 15.0 Å². The number of imidazole rings is 1. The van der Waals surface area contributed by atoms with Crippen molar-refractivity contribution in [2.45, 2.75) is 90.8 Å². The summed E-state index contributed by atoms with van der Waals surface area (Å²) in [6, 6.07) is 2.53. The van der Waals surface area contributed by atoms with E-state index >= 15 is 0 Å². The lowest BCUT2D eigenvalue weighted by Crippen LogP contribution is -2.46. The molecule has 244 valence electrons. The molecule has 0 atom stereocenters. The lowest BCUT2D eigenvalue weighted by molar-refractivity contribution is -0.151. The third-order valence-corrected chi connectivity index (χ3v) is 7.74. The Bertz CT molecular complexity index is 1610. The van der Waals surface area contributed by atoms with Gasteiger partial charge in [0.1, 0.15) is 28.3 Å². The first-order chi connectivity index (χ1) is 21.4. The summed E-state index contributed by atoms with van der Waals surface area (Å²) in [5, 5.41) is 5.21. The van der Waals surface area contributed by atoms with Gasteiger partial charge in [-0.05, 0) is 66.4 Å². The van der Waals surface area contributed by atoms with Crippen LogP contribution in [0.5, 0.6) is 0 Å². The quantitative estimate of drug-likeness (QED) is 0.163. The van der Waals surface area contributed by atoms with Crippen LogP contribution in [0.4, 0.5) is 10.6 Å². The maximum atomic E-state index is 13.9. The van der Waals surface area contributed by atoms with Crippen molar-refractivity contribution in [2.75, 3.05) is 26.1 Å². The number of ether oxygens (including phenoxy) is 3.